The van der Waals surface area contributed by atoms with E-state index in [1.807, 2.05) is 25.2 Å². The van der Waals surface area contributed by atoms with Gasteiger partial charge in [0, 0.05) is 11.0 Å². The molecule has 0 amide bonds. The van der Waals surface area contributed by atoms with Gasteiger partial charge in [-0.25, -0.2) is 0 Å². The Labute approximate surface area is 117 Å². The predicted octanol–water partition coefficient (Wildman–Crippen LogP) is 5.50. The van der Waals surface area contributed by atoms with Gasteiger partial charge in [0.2, 0.25) is 0 Å². The number of rotatable bonds is 6. The molecule has 0 aromatic heterocycles. The summed E-state index contributed by atoms with van der Waals surface area (Å²) in [5.74, 6) is 1.25. The average molecular weight is 336 g/mol. The van der Waals surface area contributed by atoms with Crippen LogP contribution >= 0.6 is 45.0 Å². The SMILES string of the molecule is CCOP(=S)(OCC)SP1SCCC(C)S1. The standard InChI is InChI=1S/C8H18O2P2S4/c1-4-9-12(13,10-5-2)16-11-14-7-6-8(3)15-11/h8H,4-7H2,1-3H3. The van der Waals surface area contributed by atoms with Crippen molar-refractivity contribution in [3.8, 4) is 0 Å². The molecule has 0 bridgehead atoms. The number of hydrogen-bond donors (Lipinski definition) is 0. The Morgan fingerprint density at radius 1 is 1.44 bits per heavy atom. The van der Waals surface area contributed by atoms with Crippen molar-refractivity contribution in [1.82, 2.24) is 0 Å². The van der Waals surface area contributed by atoms with Crippen LogP contribution in [0.3, 0.4) is 0 Å². The molecule has 1 aliphatic heterocycles. The lowest BCUT2D eigenvalue weighted by atomic mass is 10.4. The van der Waals surface area contributed by atoms with Gasteiger partial charge in [0.15, 0.2) is 0 Å². The summed E-state index contributed by atoms with van der Waals surface area (Å²) in [4.78, 5) is 0. The first kappa shape index (κ1) is 16.1. The fourth-order valence-electron chi connectivity index (χ4n) is 1.05. The molecule has 0 aromatic carbocycles. The Morgan fingerprint density at radius 2 is 2.06 bits per heavy atom. The first-order valence-electron chi connectivity index (χ1n) is 5.28. The first-order valence-corrected chi connectivity index (χ1v) is 14.4. The Balaban J connectivity index is 2.50. The van der Waals surface area contributed by atoms with Crippen LogP contribution in [-0.4, -0.2) is 24.2 Å². The first-order chi connectivity index (χ1) is 7.59. The number of hydrogen-bond acceptors (Lipinski definition) is 6. The molecule has 96 valence electrons. The highest BCUT2D eigenvalue weighted by molar-refractivity contribution is 9.22. The van der Waals surface area contributed by atoms with Crippen LogP contribution in [0.4, 0.5) is 0 Å². The van der Waals surface area contributed by atoms with Crippen LogP contribution in [0.15, 0.2) is 0 Å². The van der Waals surface area contributed by atoms with E-state index in [1.165, 1.54) is 12.2 Å². The largest absolute Gasteiger partial charge is 0.322 e. The maximum Gasteiger partial charge on any atom is 0.253 e. The van der Waals surface area contributed by atoms with Crippen LogP contribution in [0, 0.1) is 0 Å². The highest BCUT2D eigenvalue weighted by atomic mass is 33.5. The Bertz CT molecular complexity index is 244. The molecular weight excluding hydrogens is 318 g/mol. The zero-order valence-electron chi connectivity index (χ0n) is 9.75. The van der Waals surface area contributed by atoms with E-state index in [4.69, 9.17) is 20.9 Å². The van der Waals surface area contributed by atoms with E-state index < -0.39 is 5.69 Å². The molecule has 2 atom stereocenters. The molecule has 0 aliphatic carbocycles. The Hall–Kier alpha value is 2.05. The molecule has 1 fully saturated rings. The minimum absolute atomic E-state index is 0.177. The molecule has 1 aliphatic rings. The summed E-state index contributed by atoms with van der Waals surface area (Å²) >= 11 is 11.4. The van der Waals surface area contributed by atoms with Gasteiger partial charge in [-0.3, -0.25) is 0 Å². The van der Waals surface area contributed by atoms with Gasteiger partial charge < -0.3 is 9.05 Å². The lowest BCUT2D eigenvalue weighted by Crippen LogP contribution is -1.99. The zero-order chi connectivity index (χ0) is 12.0. The lowest BCUT2D eigenvalue weighted by molar-refractivity contribution is 0.281. The van der Waals surface area contributed by atoms with E-state index in [-0.39, 0.29) is 5.53 Å². The summed E-state index contributed by atoms with van der Waals surface area (Å²) in [5.41, 5.74) is -2.25. The molecule has 0 radical (unpaired) electrons. The molecule has 0 N–H and O–H groups in total. The van der Waals surface area contributed by atoms with Crippen molar-refractivity contribution >= 4 is 56.8 Å². The highest BCUT2D eigenvalue weighted by Crippen LogP contribution is 2.85. The smallest absolute Gasteiger partial charge is 0.253 e. The van der Waals surface area contributed by atoms with Gasteiger partial charge in [-0.15, -0.1) is 22.8 Å². The molecule has 16 heavy (non-hydrogen) atoms. The maximum absolute atomic E-state index is 5.66. The molecule has 0 saturated carbocycles. The second kappa shape index (κ2) is 8.27. The molecular formula is C8H18O2P2S4. The van der Waals surface area contributed by atoms with E-state index in [1.54, 1.807) is 11.0 Å². The van der Waals surface area contributed by atoms with Crippen LogP contribution < -0.4 is 0 Å². The van der Waals surface area contributed by atoms with Gasteiger partial charge >= 0.3 is 0 Å². The topological polar surface area (TPSA) is 18.5 Å². The van der Waals surface area contributed by atoms with Crippen molar-refractivity contribution in [2.45, 2.75) is 32.4 Å². The normalized spacial score (nSPS) is 26.9. The molecule has 1 heterocycles. The minimum atomic E-state index is -2.08. The molecule has 0 spiro atoms. The van der Waals surface area contributed by atoms with Gasteiger partial charge in [0.1, 0.15) is 0 Å². The minimum Gasteiger partial charge on any atom is -0.322 e. The average Bonchev–Trinajstić information content (AvgIpc) is 2.17. The second-order valence-corrected chi connectivity index (χ2v) is 19.1. The second-order valence-electron chi connectivity index (χ2n) is 3.13. The molecule has 2 unspecified atom stereocenters. The lowest BCUT2D eigenvalue weighted by Gasteiger charge is -2.29. The van der Waals surface area contributed by atoms with Gasteiger partial charge in [-0.05, 0) is 43.1 Å². The third-order valence-corrected chi connectivity index (χ3v) is 21.5. The zero-order valence-corrected chi connectivity index (χ0v) is 14.8. The summed E-state index contributed by atoms with van der Waals surface area (Å²) in [5, 5.41) is 0.756. The van der Waals surface area contributed by atoms with Gasteiger partial charge in [0.05, 0.1) is 18.7 Å². The molecule has 8 heteroatoms. The third-order valence-electron chi connectivity index (χ3n) is 1.73. The summed E-state index contributed by atoms with van der Waals surface area (Å²) in [6.07, 6.45) is 1.31. The van der Waals surface area contributed by atoms with Crippen LogP contribution in [0.1, 0.15) is 27.2 Å². The Morgan fingerprint density at radius 3 is 2.56 bits per heavy atom. The van der Waals surface area contributed by atoms with Crippen molar-refractivity contribution in [3.05, 3.63) is 0 Å². The van der Waals surface area contributed by atoms with Crippen molar-refractivity contribution in [2.24, 2.45) is 0 Å². The monoisotopic (exact) mass is 336 g/mol. The van der Waals surface area contributed by atoms with E-state index in [0.29, 0.717) is 13.2 Å². The van der Waals surface area contributed by atoms with Crippen molar-refractivity contribution in [2.75, 3.05) is 19.0 Å². The van der Waals surface area contributed by atoms with Gasteiger partial charge in [-0.1, -0.05) is 6.92 Å². The third kappa shape index (κ3) is 5.79. The van der Waals surface area contributed by atoms with Crippen molar-refractivity contribution < 1.29 is 9.05 Å². The predicted molar refractivity (Wildman–Crippen MR) is 86.2 cm³/mol. The summed E-state index contributed by atoms with van der Waals surface area (Å²) in [6.45, 7) is 7.57. The van der Waals surface area contributed by atoms with E-state index >= 15 is 0 Å². The molecule has 0 aromatic rings. The quantitative estimate of drug-likeness (QED) is 0.592. The maximum atomic E-state index is 5.66. The highest BCUT2D eigenvalue weighted by Gasteiger charge is 2.29. The Kier molecular flexibility index (Phi) is 8.32. The molecule has 2 nitrogen and oxygen atoms in total. The van der Waals surface area contributed by atoms with Gasteiger partial charge in [0.25, 0.3) is 5.69 Å². The van der Waals surface area contributed by atoms with Gasteiger partial charge in [-0.2, -0.15) is 0 Å². The van der Waals surface area contributed by atoms with E-state index in [9.17, 15) is 0 Å². The van der Waals surface area contributed by atoms with Crippen LogP contribution in [-0.2, 0) is 20.9 Å². The molecule has 1 saturated heterocycles. The molecule has 1 rings (SSSR count). The van der Waals surface area contributed by atoms with Crippen LogP contribution in [0.25, 0.3) is 0 Å². The summed E-state index contributed by atoms with van der Waals surface area (Å²) < 4.78 is 11.3. The fraction of sp³-hybridized carbons (Fsp3) is 1.00. The fourth-order valence-corrected chi connectivity index (χ4v) is 26.6. The van der Waals surface area contributed by atoms with E-state index in [2.05, 4.69) is 18.3 Å². The summed E-state index contributed by atoms with van der Waals surface area (Å²) in [6, 6.07) is 0. The summed E-state index contributed by atoms with van der Waals surface area (Å²) in [7, 11) is 0. The van der Waals surface area contributed by atoms with Crippen molar-refractivity contribution in [3.63, 3.8) is 0 Å². The van der Waals surface area contributed by atoms with Crippen molar-refractivity contribution in [1.29, 1.82) is 0 Å². The van der Waals surface area contributed by atoms with Crippen LogP contribution in [0.2, 0.25) is 0 Å². The van der Waals surface area contributed by atoms with Crippen LogP contribution in [0.5, 0.6) is 0 Å². The van der Waals surface area contributed by atoms with E-state index in [0.717, 1.165) is 5.25 Å².